The molecule has 0 bridgehead atoms. The Hall–Kier alpha value is -3.95. The summed E-state index contributed by atoms with van der Waals surface area (Å²) < 4.78 is 6.08. The molecule has 3 aliphatic rings. The number of hydrogen-bond donors (Lipinski definition) is 3. The van der Waals surface area contributed by atoms with Gasteiger partial charge in [-0.05, 0) is 81.1 Å². The van der Waals surface area contributed by atoms with E-state index in [0.717, 1.165) is 42.1 Å². The third kappa shape index (κ3) is 4.75. The number of allylic oxidation sites excluding steroid dienone is 1. The fraction of sp³-hybridized carbons (Fsp3) is 0.441. The number of Topliss-reactive ketones (excluding diaryl/α,β-unsaturated/α-hetero) is 3. The van der Waals surface area contributed by atoms with E-state index in [4.69, 9.17) is 4.74 Å². The molecule has 3 N–H and O–H groups in total. The molecule has 9 nitrogen and oxygen atoms in total. The zero-order chi connectivity index (χ0) is 31.4. The predicted octanol–water partition coefficient (Wildman–Crippen LogP) is 4.43. The number of carbonyl (C=O) groups excluding carboxylic acids is 3. The average Bonchev–Trinajstić information content (AvgIpc) is 2.95. The largest absolute Gasteiger partial charge is 0.510 e. The summed E-state index contributed by atoms with van der Waals surface area (Å²) in [6.07, 6.45) is 2.17. The van der Waals surface area contributed by atoms with Gasteiger partial charge in [0, 0.05) is 31.3 Å². The van der Waals surface area contributed by atoms with Crippen molar-refractivity contribution in [2.45, 2.75) is 51.2 Å². The first-order chi connectivity index (χ1) is 20.3. The van der Waals surface area contributed by atoms with Gasteiger partial charge in [0.05, 0.1) is 18.2 Å². The molecule has 0 radical (unpaired) electrons. The standard InChI is InChI=1S/C34H40N2O7/c1-7-8-15-43-25-14-13-22(19-9-11-21(12-10-19)35(3)4)23-16-20-17-24-29(36(5)6)31(39)26(18(2)37)32(40)34(24,42)33(41)27(20)30(38)28(23)25/h9-14,20,24,29,39,41-42H,7-8,15-17H2,1-6H3/t20-,24-,29-,34+/m0/s1. The number of aliphatic hydroxyl groups is 3. The molecule has 0 aliphatic heterocycles. The van der Waals surface area contributed by atoms with Gasteiger partial charge in [-0.2, -0.15) is 0 Å². The van der Waals surface area contributed by atoms with Crippen molar-refractivity contribution >= 4 is 23.0 Å². The van der Waals surface area contributed by atoms with E-state index in [-0.39, 0.29) is 12.0 Å². The van der Waals surface area contributed by atoms with Gasteiger partial charge in [0.15, 0.2) is 17.2 Å². The van der Waals surface area contributed by atoms with Crippen molar-refractivity contribution in [3.05, 3.63) is 70.2 Å². The molecular formula is C34H40N2O7. The number of rotatable bonds is 8. The molecule has 4 atom stereocenters. The van der Waals surface area contributed by atoms with Crippen LogP contribution in [-0.2, 0) is 16.0 Å². The van der Waals surface area contributed by atoms with Gasteiger partial charge in [-0.25, -0.2) is 0 Å². The fourth-order valence-corrected chi connectivity index (χ4v) is 7.00. The van der Waals surface area contributed by atoms with Crippen molar-refractivity contribution in [1.82, 2.24) is 4.90 Å². The van der Waals surface area contributed by atoms with E-state index in [1.54, 1.807) is 25.1 Å². The van der Waals surface area contributed by atoms with E-state index in [1.807, 2.05) is 56.3 Å². The van der Waals surface area contributed by atoms with E-state index in [0.29, 0.717) is 24.3 Å². The molecule has 9 heteroatoms. The van der Waals surface area contributed by atoms with Gasteiger partial charge < -0.3 is 25.0 Å². The minimum atomic E-state index is -2.54. The molecule has 2 aromatic rings. The highest BCUT2D eigenvalue weighted by atomic mass is 16.5. The second-order valence-corrected chi connectivity index (χ2v) is 12.3. The van der Waals surface area contributed by atoms with Crippen LogP contribution in [-0.4, -0.2) is 84.0 Å². The number of likely N-dealkylation sites (N-methyl/N-ethyl adjacent to an activating group) is 1. The van der Waals surface area contributed by atoms with Crippen molar-refractivity contribution < 1.29 is 34.4 Å². The number of aliphatic hydroxyl groups excluding tert-OH is 2. The smallest absolute Gasteiger partial charge is 0.209 e. The highest BCUT2D eigenvalue weighted by Gasteiger charge is 2.63. The van der Waals surface area contributed by atoms with Gasteiger partial charge >= 0.3 is 0 Å². The maximum absolute atomic E-state index is 14.4. The fourth-order valence-electron chi connectivity index (χ4n) is 7.00. The van der Waals surface area contributed by atoms with Crippen LogP contribution in [0.1, 0.15) is 49.0 Å². The Kier molecular flexibility index (Phi) is 8.00. The normalized spacial score (nSPS) is 25.0. The molecule has 0 fully saturated rings. The van der Waals surface area contributed by atoms with E-state index < -0.39 is 57.9 Å². The Morgan fingerprint density at radius 3 is 2.30 bits per heavy atom. The van der Waals surface area contributed by atoms with E-state index in [2.05, 4.69) is 0 Å². The third-order valence-electron chi connectivity index (χ3n) is 9.15. The van der Waals surface area contributed by atoms with Crippen molar-refractivity contribution in [2.24, 2.45) is 11.8 Å². The van der Waals surface area contributed by atoms with Gasteiger partial charge in [-0.1, -0.05) is 31.5 Å². The lowest BCUT2D eigenvalue weighted by molar-refractivity contribution is -0.148. The molecule has 0 saturated heterocycles. The maximum atomic E-state index is 14.4. The first-order valence-electron chi connectivity index (χ1n) is 14.8. The summed E-state index contributed by atoms with van der Waals surface area (Å²) in [6, 6.07) is 10.8. The van der Waals surface area contributed by atoms with Gasteiger partial charge in [-0.3, -0.25) is 19.3 Å². The Balaban J connectivity index is 1.70. The number of unbranched alkanes of at least 4 members (excludes halogenated alkanes) is 1. The molecule has 5 rings (SSSR count). The molecule has 228 valence electrons. The number of ketones is 3. The number of carbonyl (C=O) groups is 3. The molecule has 2 aromatic carbocycles. The predicted molar refractivity (Wildman–Crippen MR) is 164 cm³/mol. The van der Waals surface area contributed by atoms with Crippen LogP contribution in [0, 0.1) is 11.8 Å². The molecule has 0 spiro atoms. The van der Waals surface area contributed by atoms with Gasteiger partial charge in [0.2, 0.25) is 5.78 Å². The zero-order valence-corrected chi connectivity index (χ0v) is 25.6. The number of ether oxygens (including phenoxy) is 1. The third-order valence-corrected chi connectivity index (χ3v) is 9.15. The first-order valence-corrected chi connectivity index (χ1v) is 14.8. The first kappa shape index (κ1) is 30.5. The van der Waals surface area contributed by atoms with Crippen LogP contribution in [0.4, 0.5) is 5.69 Å². The summed E-state index contributed by atoms with van der Waals surface area (Å²) >= 11 is 0. The number of benzene rings is 2. The van der Waals surface area contributed by atoms with Gasteiger partial charge in [0.25, 0.3) is 0 Å². The average molecular weight is 589 g/mol. The second-order valence-electron chi connectivity index (χ2n) is 12.3. The van der Waals surface area contributed by atoms with E-state index >= 15 is 0 Å². The molecule has 43 heavy (non-hydrogen) atoms. The minimum Gasteiger partial charge on any atom is -0.510 e. The lowest BCUT2D eigenvalue weighted by atomic mass is 9.58. The number of fused-ring (bicyclic) bond motifs is 3. The molecular weight excluding hydrogens is 548 g/mol. The molecule has 0 saturated carbocycles. The Labute approximate surface area is 252 Å². The van der Waals surface area contributed by atoms with Crippen LogP contribution in [0.15, 0.2) is 59.1 Å². The van der Waals surface area contributed by atoms with Gasteiger partial charge in [0.1, 0.15) is 22.8 Å². The number of nitrogens with zero attached hydrogens (tertiary/aromatic N) is 2. The highest BCUT2D eigenvalue weighted by molar-refractivity contribution is 6.25. The molecule has 0 unspecified atom stereocenters. The summed E-state index contributed by atoms with van der Waals surface area (Å²) in [5.41, 5.74) is 0.763. The lowest BCUT2D eigenvalue weighted by Crippen LogP contribution is -2.63. The lowest BCUT2D eigenvalue weighted by Gasteiger charge is -2.50. The molecule has 0 aromatic heterocycles. The van der Waals surface area contributed by atoms with Crippen LogP contribution in [0.25, 0.3) is 11.1 Å². The van der Waals surface area contributed by atoms with Crippen molar-refractivity contribution in [3.63, 3.8) is 0 Å². The van der Waals surface area contributed by atoms with Crippen LogP contribution in [0.5, 0.6) is 5.75 Å². The summed E-state index contributed by atoms with van der Waals surface area (Å²) in [5, 5.41) is 34.7. The zero-order valence-electron chi connectivity index (χ0n) is 25.6. The number of hydrogen-bond acceptors (Lipinski definition) is 9. The Bertz CT molecular complexity index is 1550. The second kappa shape index (κ2) is 11.3. The van der Waals surface area contributed by atoms with Crippen LogP contribution < -0.4 is 9.64 Å². The van der Waals surface area contributed by atoms with E-state index in [1.165, 1.54) is 0 Å². The SMILES string of the molecule is CCCCOc1ccc(-c2ccc(N(C)C)cc2)c2c1C(=O)C1=C(O)[C@]3(O)C(=O)C(C(C)=O)=C(O)[C@@H](N(C)C)[C@@H]3C[C@@H]1C2. The minimum absolute atomic E-state index is 0.0400. The molecule has 0 amide bonds. The topological polar surface area (TPSA) is 128 Å². The molecule has 3 aliphatic carbocycles. The van der Waals surface area contributed by atoms with Crippen LogP contribution in [0.2, 0.25) is 0 Å². The van der Waals surface area contributed by atoms with Crippen LogP contribution >= 0.6 is 0 Å². The van der Waals surface area contributed by atoms with Crippen molar-refractivity contribution in [1.29, 1.82) is 0 Å². The summed E-state index contributed by atoms with van der Waals surface area (Å²) in [7, 11) is 7.27. The maximum Gasteiger partial charge on any atom is 0.209 e. The van der Waals surface area contributed by atoms with Crippen LogP contribution in [0.3, 0.4) is 0 Å². The van der Waals surface area contributed by atoms with Crippen molar-refractivity contribution in [2.75, 3.05) is 39.7 Å². The highest BCUT2D eigenvalue weighted by Crippen LogP contribution is 2.53. The van der Waals surface area contributed by atoms with Crippen molar-refractivity contribution in [3.8, 4) is 16.9 Å². The Morgan fingerprint density at radius 1 is 1.05 bits per heavy atom. The summed E-state index contributed by atoms with van der Waals surface area (Å²) in [6.45, 7) is 3.58. The molecule has 0 heterocycles. The Morgan fingerprint density at radius 2 is 1.72 bits per heavy atom. The van der Waals surface area contributed by atoms with E-state index in [9.17, 15) is 29.7 Å². The monoisotopic (exact) mass is 588 g/mol. The van der Waals surface area contributed by atoms with Gasteiger partial charge in [-0.15, -0.1) is 0 Å². The summed E-state index contributed by atoms with van der Waals surface area (Å²) in [5.74, 6) is -4.64. The summed E-state index contributed by atoms with van der Waals surface area (Å²) in [4.78, 5) is 44.1. The quantitative estimate of drug-likeness (QED) is 0.303. The number of anilines is 1.